The van der Waals surface area contributed by atoms with Crippen molar-refractivity contribution in [1.82, 2.24) is 9.88 Å². The molecule has 1 fully saturated rings. The van der Waals surface area contributed by atoms with Gasteiger partial charge in [-0.2, -0.15) is 0 Å². The molecule has 0 amide bonds. The van der Waals surface area contributed by atoms with Crippen LogP contribution in [0.1, 0.15) is 13.3 Å². The first-order chi connectivity index (χ1) is 10.6. The molecule has 0 N–H and O–H groups in total. The van der Waals surface area contributed by atoms with Crippen molar-refractivity contribution >= 4 is 22.3 Å². The van der Waals surface area contributed by atoms with Crippen molar-refractivity contribution in [2.75, 3.05) is 31.6 Å². The fraction of sp³-hybridized carbons (Fsp3) is 0.438. The Bertz CT molecular complexity index is 704. The molecule has 1 aromatic carbocycles. The van der Waals surface area contributed by atoms with Crippen LogP contribution in [0.25, 0.3) is 10.9 Å². The first kappa shape index (κ1) is 14.7. The van der Waals surface area contributed by atoms with Crippen LogP contribution in [0.2, 0.25) is 0 Å². The van der Waals surface area contributed by atoms with E-state index in [0.717, 1.165) is 37.3 Å². The number of benzene rings is 1. The van der Waals surface area contributed by atoms with Crippen molar-refractivity contribution in [1.29, 1.82) is 0 Å². The number of rotatable bonds is 4. The van der Waals surface area contributed by atoms with Crippen molar-refractivity contribution in [2.24, 2.45) is 0 Å². The van der Waals surface area contributed by atoms with Crippen LogP contribution < -0.4 is 4.90 Å². The number of hydrogen-bond acceptors (Lipinski definition) is 5. The van der Waals surface area contributed by atoms with Gasteiger partial charge in [0.2, 0.25) is 0 Å². The number of anilines is 1. The van der Waals surface area contributed by atoms with Crippen LogP contribution in [-0.2, 0) is 0 Å². The summed E-state index contributed by atoms with van der Waals surface area (Å²) in [5, 5.41) is 11.8. The third-order valence-corrected chi connectivity index (χ3v) is 4.55. The van der Waals surface area contributed by atoms with E-state index in [2.05, 4.69) is 28.8 Å². The van der Waals surface area contributed by atoms with E-state index in [9.17, 15) is 10.1 Å². The lowest BCUT2D eigenvalue weighted by atomic mass is 10.1. The Morgan fingerprint density at radius 2 is 2.27 bits per heavy atom. The predicted octanol–water partition coefficient (Wildman–Crippen LogP) is 2.67. The van der Waals surface area contributed by atoms with E-state index in [1.54, 1.807) is 24.4 Å². The second-order valence-corrected chi connectivity index (χ2v) is 5.72. The Balaban J connectivity index is 1.99. The lowest BCUT2D eigenvalue weighted by Gasteiger charge is -2.24. The maximum atomic E-state index is 11.2. The molecule has 1 unspecified atom stereocenters. The summed E-state index contributed by atoms with van der Waals surface area (Å²) >= 11 is 0. The number of nitro groups is 1. The highest BCUT2D eigenvalue weighted by Gasteiger charge is 2.27. The van der Waals surface area contributed by atoms with Gasteiger partial charge in [0.05, 0.1) is 16.0 Å². The molecular weight excluding hydrogens is 280 g/mol. The number of likely N-dealkylation sites (N-methyl/N-ethyl adjacent to an activating group) is 1. The molecule has 6 nitrogen and oxygen atoms in total. The highest BCUT2D eigenvalue weighted by Crippen LogP contribution is 2.33. The molecule has 0 saturated carbocycles. The molecular formula is C16H20N4O2. The number of pyridine rings is 1. The average molecular weight is 300 g/mol. The summed E-state index contributed by atoms with van der Waals surface area (Å²) in [6.45, 7) is 5.08. The molecule has 2 heterocycles. The summed E-state index contributed by atoms with van der Waals surface area (Å²) in [4.78, 5) is 19.9. The molecule has 1 saturated heterocycles. The summed E-state index contributed by atoms with van der Waals surface area (Å²) < 4.78 is 0. The van der Waals surface area contributed by atoms with Crippen molar-refractivity contribution in [3.05, 3.63) is 40.6 Å². The number of non-ortho nitro benzene ring substituents is 1. The lowest BCUT2D eigenvalue weighted by Crippen LogP contribution is -2.34. The van der Waals surface area contributed by atoms with E-state index >= 15 is 0 Å². The maximum Gasteiger partial charge on any atom is 0.278 e. The van der Waals surface area contributed by atoms with E-state index in [4.69, 9.17) is 0 Å². The highest BCUT2D eigenvalue weighted by molar-refractivity contribution is 5.97. The van der Waals surface area contributed by atoms with Gasteiger partial charge in [0.1, 0.15) is 5.52 Å². The second kappa shape index (κ2) is 5.88. The Kier molecular flexibility index (Phi) is 3.94. The van der Waals surface area contributed by atoms with E-state index in [-0.39, 0.29) is 10.6 Å². The van der Waals surface area contributed by atoms with E-state index in [1.165, 1.54) is 0 Å². The van der Waals surface area contributed by atoms with Crippen molar-refractivity contribution < 1.29 is 4.92 Å². The SMILES string of the molecule is CCN(C)C1CCN(c2ccc([N+](=O)[O-])c3cccnc23)C1. The average Bonchev–Trinajstić information content (AvgIpc) is 3.02. The van der Waals surface area contributed by atoms with Gasteiger partial charge in [-0.3, -0.25) is 15.1 Å². The Morgan fingerprint density at radius 3 is 3.00 bits per heavy atom. The second-order valence-electron chi connectivity index (χ2n) is 5.72. The first-order valence-electron chi connectivity index (χ1n) is 7.59. The third-order valence-electron chi connectivity index (χ3n) is 4.55. The summed E-state index contributed by atoms with van der Waals surface area (Å²) in [6, 6.07) is 7.48. The van der Waals surface area contributed by atoms with Gasteiger partial charge in [-0.1, -0.05) is 6.92 Å². The molecule has 116 valence electrons. The summed E-state index contributed by atoms with van der Waals surface area (Å²) in [7, 11) is 2.14. The van der Waals surface area contributed by atoms with Gasteiger partial charge < -0.3 is 9.80 Å². The van der Waals surface area contributed by atoms with Gasteiger partial charge in [0.15, 0.2) is 0 Å². The number of nitrogens with zero attached hydrogens (tertiary/aromatic N) is 4. The van der Waals surface area contributed by atoms with Crippen LogP contribution >= 0.6 is 0 Å². The van der Waals surface area contributed by atoms with Gasteiger partial charge in [0, 0.05) is 31.4 Å². The van der Waals surface area contributed by atoms with E-state index < -0.39 is 0 Å². The zero-order chi connectivity index (χ0) is 15.7. The van der Waals surface area contributed by atoms with Crippen molar-refractivity contribution in [3.8, 4) is 0 Å². The van der Waals surface area contributed by atoms with Crippen molar-refractivity contribution in [3.63, 3.8) is 0 Å². The smallest absolute Gasteiger partial charge is 0.278 e. The lowest BCUT2D eigenvalue weighted by molar-refractivity contribution is -0.383. The molecule has 0 radical (unpaired) electrons. The topological polar surface area (TPSA) is 62.5 Å². The zero-order valence-electron chi connectivity index (χ0n) is 12.9. The molecule has 6 heteroatoms. The molecule has 3 rings (SSSR count). The Labute approximate surface area is 129 Å². The summed E-state index contributed by atoms with van der Waals surface area (Å²) in [5.41, 5.74) is 1.83. The molecule has 0 aliphatic carbocycles. The molecule has 2 aromatic rings. The standard InChI is InChI=1S/C16H20N4O2/c1-3-18(2)12-8-10-19(11-12)15-7-6-14(20(21)22)13-5-4-9-17-16(13)15/h4-7,9,12H,3,8,10-11H2,1-2H3. The molecule has 22 heavy (non-hydrogen) atoms. The number of aromatic nitrogens is 1. The molecule has 1 atom stereocenters. The van der Waals surface area contributed by atoms with Gasteiger partial charge in [-0.25, -0.2) is 0 Å². The molecule has 0 spiro atoms. The number of hydrogen-bond donors (Lipinski definition) is 0. The van der Waals surface area contributed by atoms with Gasteiger partial charge in [-0.15, -0.1) is 0 Å². The zero-order valence-corrected chi connectivity index (χ0v) is 12.9. The van der Waals surface area contributed by atoms with Crippen LogP contribution in [0.15, 0.2) is 30.5 Å². The highest BCUT2D eigenvalue weighted by atomic mass is 16.6. The minimum absolute atomic E-state index is 0.119. The van der Waals surface area contributed by atoms with Crippen LogP contribution in [0.5, 0.6) is 0 Å². The fourth-order valence-electron chi connectivity index (χ4n) is 3.14. The number of nitro benzene ring substituents is 1. The molecule has 1 aliphatic heterocycles. The van der Waals surface area contributed by atoms with Gasteiger partial charge >= 0.3 is 0 Å². The van der Waals surface area contributed by atoms with Crippen LogP contribution in [0.4, 0.5) is 11.4 Å². The monoisotopic (exact) mass is 300 g/mol. The molecule has 1 aromatic heterocycles. The third kappa shape index (κ3) is 2.50. The number of fused-ring (bicyclic) bond motifs is 1. The minimum Gasteiger partial charge on any atom is -0.368 e. The summed E-state index contributed by atoms with van der Waals surface area (Å²) in [6.07, 6.45) is 2.80. The molecule has 0 bridgehead atoms. The largest absolute Gasteiger partial charge is 0.368 e. The first-order valence-corrected chi connectivity index (χ1v) is 7.59. The van der Waals surface area contributed by atoms with E-state index in [0.29, 0.717) is 11.4 Å². The summed E-state index contributed by atoms with van der Waals surface area (Å²) in [5.74, 6) is 0. The quantitative estimate of drug-likeness (QED) is 0.641. The Hall–Kier alpha value is -2.21. The predicted molar refractivity (Wildman–Crippen MR) is 87.3 cm³/mol. The van der Waals surface area contributed by atoms with Crippen LogP contribution in [-0.4, -0.2) is 47.5 Å². The van der Waals surface area contributed by atoms with Gasteiger partial charge in [0.25, 0.3) is 5.69 Å². The Morgan fingerprint density at radius 1 is 1.45 bits per heavy atom. The molecule has 1 aliphatic rings. The minimum atomic E-state index is -0.342. The van der Waals surface area contributed by atoms with Crippen LogP contribution in [0, 0.1) is 10.1 Å². The van der Waals surface area contributed by atoms with Crippen LogP contribution in [0.3, 0.4) is 0 Å². The van der Waals surface area contributed by atoms with E-state index in [1.807, 2.05) is 6.07 Å². The normalized spacial score (nSPS) is 18.3. The fourth-order valence-corrected chi connectivity index (χ4v) is 3.14. The van der Waals surface area contributed by atoms with Crippen molar-refractivity contribution in [2.45, 2.75) is 19.4 Å². The maximum absolute atomic E-state index is 11.2. The van der Waals surface area contributed by atoms with Gasteiger partial charge in [-0.05, 0) is 38.2 Å².